The fraction of sp³-hybridized carbons (Fsp3) is 0.200. The highest BCUT2D eigenvalue weighted by molar-refractivity contribution is 7.88. The number of benzene rings is 2. The van der Waals surface area contributed by atoms with Gasteiger partial charge >= 0.3 is 6.36 Å². The number of para-hydroxylation sites is 1. The molecule has 0 atom stereocenters. The Balaban J connectivity index is 2.04. The second-order valence-electron chi connectivity index (χ2n) is 5.01. The van der Waals surface area contributed by atoms with Crippen molar-refractivity contribution in [2.24, 2.45) is 5.14 Å². The van der Waals surface area contributed by atoms with Crippen molar-refractivity contribution in [3.63, 3.8) is 0 Å². The van der Waals surface area contributed by atoms with Crippen LogP contribution in [0.1, 0.15) is 11.1 Å². The summed E-state index contributed by atoms with van der Waals surface area (Å²) in [5.74, 6) is -0.557. The maximum atomic E-state index is 12.4. The van der Waals surface area contributed by atoms with Crippen LogP contribution in [0.3, 0.4) is 0 Å². The maximum absolute atomic E-state index is 12.4. The predicted molar refractivity (Wildman–Crippen MR) is 83.7 cm³/mol. The minimum absolute atomic E-state index is 0.112. The van der Waals surface area contributed by atoms with Crippen molar-refractivity contribution in [3.8, 4) is 5.75 Å². The van der Waals surface area contributed by atoms with E-state index in [-0.39, 0.29) is 18.0 Å². The Labute approximate surface area is 137 Å². The van der Waals surface area contributed by atoms with E-state index in [0.29, 0.717) is 16.8 Å². The molecule has 0 amide bonds. The normalized spacial score (nSPS) is 12.0. The molecule has 0 radical (unpaired) electrons. The zero-order chi connectivity index (χ0) is 17.8. The second-order valence-corrected chi connectivity index (χ2v) is 6.63. The molecule has 0 aliphatic carbocycles. The van der Waals surface area contributed by atoms with Crippen molar-refractivity contribution in [1.82, 2.24) is 0 Å². The Morgan fingerprint density at radius 3 is 2.25 bits per heavy atom. The Bertz CT molecular complexity index is 790. The molecule has 2 aromatic carbocycles. The summed E-state index contributed by atoms with van der Waals surface area (Å²) in [7, 11) is -3.61. The van der Waals surface area contributed by atoms with E-state index in [1.807, 2.05) is 0 Å². The third-order valence-electron chi connectivity index (χ3n) is 3.00. The average Bonchev–Trinajstić information content (AvgIpc) is 2.45. The zero-order valence-corrected chi connectivity index (χ0v) is 13.2. The van der Waals surface area contributed by atoms with Crippen LogP contribution in [0.15, 0.2) is 48.5 Å². The molecule has 2 aromatic rings. The lowest BCUT2D eigenvalue weighted by atomic mass is 10.2. The van der Waals surface area contributed by atoms with Crippen LogP contribution in [0.4, 0.5) is 18.9 Å². The largest absolute Gasteiger partial charge is 0.573 e. The third-order valence-corrected chi connectivity index (χ3v) is 3.74. The number of anilines is 1. The quantitative estimate of drug-likeness (QED) is 0.830. The maximum Gasteiger partial charge on any atom is 0.573 e. The lowest BCUT2D eigenvalue weighted by Crippen LogP contribution is -2.18. The fourth-order valence-electron chi connectivity index (χ4n) is 2.02. The molecule has 0 aliphatic rings. The minimum atomic E-state index is -4.76. The topological polar surface area (TPSA) is 81.4 Å². The van der Waals surface area contributed by atoms with Gasteiger partial charge in [-0.2, -0.15) is 0 Å². The molecule has 0 unspecified atom stereocenters. The number of hydrogen-bond acceptors (Lipinski definition) is 4. The zero-order valence-electron chi connectivity index (χ0n) is 12.4. The average molecular weight is 360 g/mol. The van der Waals surface area contributed by atoms with Gasteiger partial charge in [0.05, 0.1) is 5.75 Å². The highest BCUT2D eigenvalue weighted by Crippen LogP contribution is 2.26. The van der Waals surface area contributed by atoms with Crippen LogP contribution in [0.5, 0.6) is 5.75 Å². The molecule has 24 heavy (non-hydrogen) atoms. The van der Waals surface area contributed by atoms with Crippen molar-refractivity contribution in [1.29, 1.82) is 0 Å². The van der Waals surface area contributed by atoms with Crippen molar-refractivity contribution in [3.05, 3.63) is 59.7 Å². The second kappa shape index (κ2) is 7.10. The van der Waals surface area contributed by atoms with E-state index >= 15 is 0 Å². The summed E-state index contributed by atoms with van der Waals surface area (Å²) in [6, 6.07) is 12.2. The number of ether oxygens (including phenoxy) is 1. The lowest BCUT2D eigenvalue weighted by Gasteiger charge is -2.14. The van der Waals surface area contributed by atoms with Crippen LogP contribution < -0.4 is 15.2 Å². The van der Waals surface area contributed by atoms with Gasteiger partial charge in [-0.15, -0.1) is 13.2 Å². The van der Waals surface area contributed by atoms with E-state index in [1.165, 1.54) is 18.2 Å². The first-order valence-corrected chi connectivity index (χ1v) is 8.51. The Kier molecular flexibility index (Phi) is 5.35. The summed E-state index contributed by atoms with van der Waals surface area (Å²) in [6.45, 7) is 0.112. The highest BCUT2D eigenvalue weighted by atomic mass is 32.2. The van der Waals surface area contributed by atoms with Gasteiger partial charge in [0.1, 0.15) is 5.75 Å². The van der Waals surface area contributed by atoms with Crippen LogP contribution in [-0.2, 0) is 22.3 Å². The van der Waals surface area contributed by atoms with E-state index in [9.17, 15) is 21.6 Å². The molecule has 9 heteroatoms. The van der Waals surface area contributed by atoms with Gasteiger partial charge in [-0.3, -0.25) is 0 Å². The minimum Gasteiger partial charge on any atom is -0.405 e. The highest BCUT2D eigenvalue weighted by Gasteiger charge is 2.31. The van der Waals surface area contributed by atoms with Crippen LogP contribution in [0.25, 0.3) is 0 Å². The number of rotatable bonds is 6. The number of nitrogens with two attached hydrogens (primary N) is 1. The first-order valence-electron chi connectivity index (χ1n) is 6.79. The molecule has 0 saturated carbocycles. The van der Waals surface area contributed by atoms with Gasteiger partial charge in [-0.1, -0.05) is 30.3 Å². The van der Waals surface area contributed by atoms with Crippen LogP contribution in [0.2, 0.25) is 0 Å². The third kappa shape index (κ3) is 6.09. The molecule has 0 saturated heterocycles. The van der Waals surface area contributed by atoms with Crippen molar-refractivity contribution in [2.45, 2.75) is 18.7 Å². The van der Waals surface area contributed by atoms with E-state index in [1.54, 1.807) is 30.3 Å². The molecule has 0 bridgehead atoms. The van der Waals surface area contributed by atoms with Gasteiger partial charge in [0.2, 0.25) is 10.0 Å². The summed E-state index contributed by atoms with van der Waals surface area (Å²) in [6.07, 6.45) is -4.76. The molecule has 0 fully saturated rings. The van der Waals surface area contributed by atoms with E-state index in [2.05, 4.69) is 10.1 Å². The molecule has 0 spiro atoms. The summed E-state index contributed by atoms with van der Waals surface area (Å²) < 4.78 is 63.1. The van der Waals surface area contributed by atoms with E-state index < -0.39 is 16.4 Å². The van der Waals surface area contributed by atoms with Gasteiger partial charge < -0.3 is 10.1 Å². The number of primary sulfonamides is 1. The van der Waals surface area contributed by atoms with Crippen molar-refractivity contribution >= 4 is 15.7 Å². The molecule has 0 heterocycles. The summed E-state index contributed by atoms with van der Waals surface area (Å²) in [5.41, 5.74) is 1.47. The van der Waals surface area contributed by atoms with E-state index in [0.717, 1.165) is 0 Å². The van der Waals surface area contributed by atoms with Gasteiger partial charge in [0.15, 0.2) is 0 Å². The number of alkyl halides is 3. The molecule has 5 nitrogen and oxygen atoms in total. The number of sulfonamides is 1. The molecule has 0 aromatic heterocycles. The standard InChI is InChI=1S/C15H15F3N2O3S/c16-15(17,18)23-14-4-2-1-3-12(14)9-20-13-7-5-11(6-8-13)10-24(19,21)22/h1-8,20H,9-10H2,(H2,19,21,22). The van der Waals surface area contributed by atoms with Gasteiger partial charge in [0.25, 0.3) is 0 Å². The summed E-state index contributed by atoms with van der Waals surface area (Å²) >= 11 is 0. The van der Waals surface area contributed by atoms with Crippen molar-refractivity contribution < 1.29 is 26.3 Å². The van der Waals surface area contributed by atoms with E-state index in [4.69, 9.17) is 5.14 Å². The first-order chi connectivity index (χ1) is 11.1. The number of halogens is 3. The molecule has 3 N–H and O–H groups in total. The van der Waals surface area contributed by atoms with Gasteiger partial charge in [-0.05, 0) is 23.8 Å². The summed E-state index contributed by atoms with van der Waals surface area (Å²) in [5, 5.41) is 7.91. The molecule has 2 rings (SSSR count). The first kappa shape index (κ1) is 18.1. The monoisotopic (exact) mass is 360 g/mol. The number of nitrogens with one attached hydrogen (secondary N) is 1. The van der Waals surface area contributed by atoms with Crippen LogP contribution in [-0.4, -0.2) is 14.8 Å². The Morgan fingerprint density at radius 1 is 1.04 bits per heavy atom. The van der Waals surface area contributed by atoms with Crippen molar-refractivity contribution in [2.75, 3.05) is 5.32 Å². The van der Waals surface area contributed by atoms with Crippen LogP contribution >= 0.6 is 0 Å². The number of hydrogen-bond donors (Lipinski definition) is 2. The van der Waals surface area contributed by atoms with Gasteiger partial charge in [0, 0.05) is 17.8 Å². The predicted octanol–water partition coefficient (Wildman–Crippen LogP) is 2.99. The summed E-state index contributed by atoms with van der Waals surface area (Å²) in [4.78, 5) is 0. The molecule has 130 valence electrons. The molecular weight excluding hydrogens is 345 g/mol. The van der Waals surface area contributed by atoms with Crippen LogP contribution in [0, 0.1) is 0 Å². The Morgan fingerprint density at radius 2 is 1.67 bits per heavy atom. The SMILES string of the molecule is NS(=O)(=O)Cc1ccc(NCc2ccccc2OC(F)(F)F)cc1. The Hall–Kier alpha value is -2.26. The molecular formula is C15H15F3N2O3S. The lowest BCUT2D eigenvalue weighted by molar-refractivity contribution is -0.274. The fourth-order valence-corrected chi connectivity index (χ4v) is 2.68. The smallest absolute Gasteiger partial charge is 0.405 e. The van der Waals surface area contributed by atoms with Gasteiger partial charge in [-0.25, -0.2) is 13.6 Å². The molecule has 0 aliphatic heterocycles.